The predicted octanol–water partition coefficient (Wildman–Crippen LogP) is 3.68. The Morgan fingerprint density at radius 1 is 1.15 bits per heavy atom. The summed E-state index contributed by atoms with van der Waals surface area (Å²) >= 11 is 0. The molecular weight excluding hydrogens is 431 g/mol. The summed E-state index contributed by atoms with van der Waals surface area (Å²) in [5, 5.41) is 0. The molecule has 2 atom stereocenters. The number of halogens is 3. The van der Waals surface area contributed by atoms with Crippen LogP contribution in [0.15, 0.2) is 36.4 Å². The van der Waals surface area contributed by atoms with Crippen molar-refractivity contribution in [3.05, 3.63) is 70.5 Å². The molecule has 0 radical (unpaired) electrons. The van der Waals surface area contributed by atoms with Crippen LogP contribution in [-0.4, -0.2) is 53.8 Å². The highest BCUT2D eigenvalue weighted by atomic mass is 19.2. The van der Waals surface area contributed by atoms with Crippen LogP contribution in [0.3, 0.4) is 0 Å². The van der Waals surface area contributed by atoms with Crippen LogP contribution in [0.5, 0.6) is 0 Å². The minimum Gasteiger partial charge on any atom is -0.342 e. The molecule has 0 aromatic heterocycles. The van der Waals surface area contributed by atoms with Gasteiger partial charge in [-0.2, -0.15) is 0 Å². The number of hydrogen-bond acceptors (Lipinski definition) is 3. The van der Waals surface area contributed by atoms with Gasteiger partial charge in [0.15, 0.2) is 11.6 Å². The van der Waals surface area contributed by atoms with E-state index in [1.807, 2.05) is 32.0 Å². The summed E-state index contributed by atoms with van der Waals surface area (Å²) in [6, 6.07) is 8.03. The lowest BCUT2D eigenvalue weighted by Gasteiger charge is -2.25. The van der Waals surface area contributed by atoms with Gasteiger partial charge in [0.2, 0.25) is 5.91 Å². The Hall–Kier alpha value is -2.87. The Morgan fingerprint density at radius 2 is 1.88 bits per heavy atom. The van der Waals surface area contributed by atoms with Crippen LogP contribution in [0.4, 0.5) is 13.2 Å². The van der Waals surface area contributed by atoms with Crippen molar-refractivity contribution in [2.45, 2.75) is 39.2 Å². The normalized spacial score (nSPS) is 16.7. The molecule has 2 N–H and O–H groups in total. The molecule has 5 nitrogen and oxygen atoms in total. The minimum absolute atomic E-state index is 0.0229. The van der Waals surface area contributed by atoms with Gasteiger partial charge in [-0.1, -0.05) is 17.7 Å². The lowest BCUT2D eigenvalue weighted by Crippen LogP contribution is -2.38. The number of nitrogens with two attached hydrogens (primary N) is 1. The molecule has 0 unspecified atom stereocenters. The summed E-state index contributed by atoms with van der Waals surface area (Å²) in [6.07, 6.45) is 0.682. The van der Waals surface area contributed by atoms with Gasteiger partial charge in [-0.15, -0.1) is 0 Å². The second-order valence-electron chi connectivity index (χ2n) is 8.73. The third-order valence-corrected chi connectivity index (χ3v) is 6.06. The molecule has 0 saturated carbocycles. The summed E-state index contributed by atoms with van der Waals surface area (Å²) in [5.74, 6) is -3.32. The van der Waals surface area contributed by atoms with Crippen LogP contribution in [-0.2, 0) is 11.2 Å². The number of nitrogens with zero attached hydrogens (tertiary/aromatic N) is 2. The molecule has 3 rings (SSSR count). The van der Waals surface area contributed by atoms with Crippen LogP contribution in [0.1, 0.15) is 41.3 Å². The van der Waals surface area contributed by atoms with Crippen molar-refractivity contribution in [1.29, 1.82) is 0 Å². The highest BCUT2D eigenvalue weighted by Gasteiger charge is 2.29. The van der Waals surface area contributed by atoms with Crippen molar-refractivity contribution in [2.75, 3.05) is 26.2 Å². The monoisotopic (exact) mass is 461 g/mol. The van der Waals surface area contributed by atoms with E-state index in [9.17, 15) is 22.8 Å². The van der Waals surface area contributed by atoms with Gasteiger partial charge in [-0.3, -0.25) is 9.59 Å². The molecule has 33 heavy (non-hydrogen) atoms. The molecule has 8 heteroatoms. The molecule has 0 bridgehead atoms. The average Bonchev–Trinajstić information content (AvgIpc) is 3.24. The molecule has 1 fully saturated rings. The van der Waals surface area contributed by atoms with Crippen LogP contribution in [0, 0.1) is 30.3 Å². The zero-order chi connectivity index (χ0) is 24.1. The van der Waals surface area contributed by atoms with E-state index >= 15 is 0 Å². The smallest absolute Gasteiger partial charge is 0.253 e. The summed E-state index contributed by atoms with van der Waals surface area (Å²) in [6.45, 7) is 6.08. The van der Waals surface area contributed by atoms with Gasteiger partial charge in [-0.05, 0) is 56.4 Å². The number of carbonyl (C=O) groups excluding carboxylic acids is 2. The van der Waals surface area contributed by atoms with Gasteiger partial charge in [0, 0.05) is 50.3 Å². The Labute approximate surface area is 192 Å². The van der Waals surface area contributed by atoms with Gasteiger partial charge in [0.1, 0.15) is 5.82 Å². The molecule has 1 aliphatic rings. The van der Waals surface area contributed by atoms with Crippen molar-refractivity contribution in [3.63, 3.8) is 0 Å². The number of hydrogen-bond donors (Lipinski definition) is 1. The molecular formula is C25H30F3N3O2. The third-order valence-electron chi connectivity index (χ3n) is 6.06. The maximum absolute atomic E-state index is 13.9. The van der Waals surface area contributed by atoms with E-state index in [1.165, 1.54) is 0 Å². The summed E-state index contributed by atoms with van der Waals surface area (Å²) < 4.78 is 40.3. The van der Waals surface area contributed by atoms with Gasteiger partial charge in [-0.25, -0.2) is 13.2 Å². The van der Waals surface area contributed by atoms with E-state index in [4.69, 9.17) is 5.73 Å². The Morgan fingerprint density at radius 3 is 2.58 bits per heavy atom. The van der Waals surface area contributed by atoms with Crippen LogP contribution in [0.25, 0.3) is 0 Å². The van der Waals surface area contributed by atoms with E-state index in [0.717, 1.165) is 18.1 Å². The molecule has 178 valence electrons. The average molecular weight is 462 g/mol. The molecule has 1 heterocycles. The van der Waals surface area contributed by atoms with Crippen molar-refractivity contribution >= 4 is 11.8 Å². The quantitative estimate of drug-likeness (QED) is 0.610. The first-order valence-corrected chi connectivity index (χ1v) is 11.2. The predicted molar refractivity (Wildman–Crippen MR) is 120 cm³/mol. The fourth-order valence-corrected chi connectivity index (χ4v) is 4.26. The van der Waals surface area contributed by atoms with E-state index < -0.39 is 23.5 Å². The number of carbonyl (C=O) groups is 2. The minimum atomic E-state index is -1.26. The van der Waals surface area contributed by atoms with Crippen LogP contribution >= 0.6 is 0 Å². The molecule has 0 spiro atoms. The first-order valence-electron chi connectivity index (χ1n) is 11.2. The maximum Gasteiger partial charge on any atom is 0.253 e. The standard InChI is InChI=1S/C25H30F3N3O2/c1-3-30(25(33)18-6-4-5-16(2)9-18)14-17-7-8-31(15-17)24(32)12-20(29)10-19-11-22(27)23(28)13-21(19)26/h4-6,9,11,13,17,20H,3,7-8,10,12,14-15,29H2,1-2H3/t17-,20+/m0/s1. The molecule has 1 saturated heterocycles. The van der Waals surface area contributed by atoms with Crippen molar-refractivity contribution in [2.24, 2.45) is 11.7 Å². The van der Waals surface area contributed by atoms with E-state index in [2.05, 4.69) is 0 Å². The van der Waals surface area contributed by atoms with E-state index in [0.29, 0.717) is 37.8 Å². The van der Waals surface area contributed by atoms with Crippen LogP contribution < -0.4 is 5.73 Å². The largest absolute Gasteiger partial charge is 0.342 e. The fraction of sp³-hybridized carbons (Fsp3) is 0.440. The summed E-state index contributed by atoms with van der Waals surface area (Å²) in [5.41, 5.74) is 7.62. The van der Waals surface area contributed by atoms with Gasteiger partial charge >= 0.3 is 0 Å². The number of aryl methyl sites for hydroxylation is 1. The maximum atomic E-state index is 13.9. The highest BCUT2D eigenvalue weighted by Crippen LogP contribution is 2.21. The SMILES string of the molecule is CCN(C[C@@H]1CCN(C(=O)C[C@H](N)Cc2cc(F)c(F)cc2F)C1)C(=O)c1cccc(C)c1. The Balaban J connectivity index is 1.52. The number of amides is 2. The molecule has 2 amide bonds. The van der Waals surface area contributed by atoms with Gasteiger partial charge < -0.3 is 15.5 Å². The number of likely N-dealkylation sites (tertiary alicyclic amines) is 1. The van der Waals surface area contributed by atoms with Gasteiger partial charge in [0.25, 0.3) is 5.91 Å². The van der Waals surface area contributed by atoms with Crippen molar-refractivity contribution in [1.82, 2.24) is 9.80 Å². The van der Waals surface area contributed by atoms with Crippen LogP contribution in [0.2, 0.25) is 0 Å². The third kappa shape index (κ3) is 6.35. The zero-order valence-corrected chi connectivity index (χ0v) is 19.0. The van der Waals surface area contributed by atoms with Crippen molar-refractivity contribution < 1.29 is 22.8 Å². The topological polar surface area (TPSA) is 66.6 Å². The first-order chi connectivity index (χ1) is 15.7. The Bertz CT molecular complexity index is 1010. The first kappa shape index (κ1) is 24.8. The lowest BCUT2D eigenvalue weighted by atomic mass is 10.0. The summed E-state index contributed by atoms with van der Waals surface area (Å²) in [4.78, 5) is 29.1. The Kier molecular flexibility index (Phi) is 8.13. The zero-order valence-electron chi connectivity index (χ0n) is 19.0. The van der Waals surface area contributed by atoms with Crippen molar-refractivity contribution in [3.8, 4) is 0 Å². The highest BCUT2D eigenvalue weighted by molar-refractivity contribution is 5.94. The molecule has 2 aromatic rings. The summed E-state index contributed by atoms with van der Waals surface area (Å²) in [7, 11) is 0. The number of benzene rings is 2. The molecule has 1 aliphatic heterocycles. The number of rotatable bonds is 8. The van der Waals surface area contributed by atoms with E-state index in [-0.39, 0.29) is 36.1 Å². The van der Waals surface area contributed by atoms with Gasteiger partial charge in [0.05, 0.1) is 0 Å². The fourth-order valence-electron chi connectivity index (χ4n) is 4.26. The molecule has 2 aromatic carbocycles. The molecule has 0 aliphatic carbocycles. The lowest BCUT2D eigenvalue weighted by molar-refractivity contribution is -0.130. The van der Waals surface area contributed by atoms with E-state index in [1.54, 1.807) is 15.9 Å². The second kappa shape index (κ2) is 10.8. The second-order valence-corrected chi connectivity index (χ2v) is 8.73.